The third-order valence-electron chi connectivity index (χ3n) is 3.32. The van der Waals surface area contributed by atoms with Crippen molar-refractivity contribution in [1.29, 1.82) is 0 Å². The minimum atomic E-state index is -0.257. The second-order valence-corrected chi connectivity index (χ2v) is 4.91. The van der Waals surface area contributed by atoms with Crippen LogP contribution >= 0.6 is 11.6 Å². The lowest BCUT2D eigenvalue weighted by Crippen LogP contribution is -2.31. The van der Waals surface area contributed by atoms with Gasteiger partial charge in [-0.05, 0) is 25.3 Å². The van der Waals surface area contributed by atoms with Gasteiger partial charge in [-0.25, -0.2) is 4.98 Å². The van der Waals surface area contributed by atoms with Crippen LogP contribution in [0.15, 0.2) is 12.3 Å². The average Bonchev–Trinajstić information content (AvgIpc) is 2.91. The van der Waals surface area contributed by atoms with Gasteiger partial charge in [-0.15, -0.1) is 0 Å². The number of rotatable bonds is 3. The number of ether oxygens (including phenoxy) is 1. The maximum atomic E-state index is 12.3. The summed E-state index contributed by atoms with van der Waals surface area (Å²) in [6.45, 7) is 3.58. The minimum absolute atomic E-state index is 0.127. The highest BCUT2D eigenvalue weighted by molar-refractivity contribution is 6.31. The number of nitrogens with zero attached hydrogens (tertiary/aromatic N) is 2. The Kier molecular flexibility index (Phi) is 4.07. The summed E-state index contributed by atoms with van der Waals surface area (Å²) in [5.41, 5.74) is 0.778. The van der Waals surface area contributed by atoms with Crippen molar-refractivity contribution >= 4 is 17.5 Å². The molecular weight excluding hydrogens is 252 g/mol. The quantitative estimate of drug-likeness (QED) is 0.846. The lowest BCUT2D eigenvalue weighted by atomic mass is 10.0. The molecule has 18 heavy (non-hydrogen) atoms. The van der Waals surface area contributed by atoms with Crippen LogP contribution in [0.2, 0.25) is 5.02 Å². The van der Waals surface area contributed by atoms with Gasteiger partial charge in [0.25, 0.3) is 0 Å². The summed E-state index contributed by atoms with van der Waals surface area (Å²) in [7, 11) is 1.55. The SMILES string of the molecule is COc1cc([C@H](C)C(=O)N2CCCC2)c(Cl)cn1. The molecule has 0 saturated carbocycles. The highest BCUT2D eigenvalue weighted by Crippen LogP contribution is 2.29. The molecule has 0 aromatic carbocycles. The number of aromatic nitrogens is 1. The van der Waals surface area contributed by atoms with E-state index < -0.39 is 0 Å². The van der Waals surface area contributed by atoms with Gasteiger partial charge in [-0.3, -0.25) is 4.79 Å². The number of likely N-dealkylation sites (tertiary alicyclic amines) is 1. The number of hydrogen-bond donors (Lipinski definition) is 0. The van der Waals surface area contributed by atoms with Gasteiger partial charge in [0.2, 0.25) is 11.8 Å². The molecule has 1 aromatic heterocycles. The lowest BCUT2D eigenvalue weighted by molar-refractivity contribution is -0.131. The number of methoxy groups -OCH3 is 1. The molecule has 1 amide bonds. The molecule has 0 spiro atoms. The van der Waals surface area contributed by atoms with Crippen LogP contribution in [-0.2, 0) is 4.79 Å². The fourth-order valence-electron chi connectivity index (χ4n) is 2.22. The first-order valence-corrected chi connectivity index (χ1v) is 6.49. The van der Waals surface area contributed by atoms with Gasteiger partial charge < -0.3 is 9.64 Å². The van der Waals surface area contributed by atoms with Crippen molar-refractivity contribution in [2.24, 2.45) is 0 Å². The summed E-state index contributed by atoms with van der Waals surface area (Å²) in [6, 6.07) is 1.74. The van der Waals surface area contributed by atoms with Crippen LogP contribution in [-0.4, -0.2) is 36.0 Å². The van der Waals surface area contributed by atoms with E-state index in [0.717, 1.165) is 31.5 Å². The zero-order chi connectivity index (χ0) is 13.1. The Labute approximate surface area is 112 Å². The second kappa shape index (κ2) is 5.57. The molecule has 1 aliphatic heterocycles. The number of hydrogen-bond acceptors (Lipinski definition) is 3. The number of amides is 1. The van der Waals surface area contributed by atoms with E-state index >= 15 is 0 Å². The second-order valence-electron chi connectivity index (χ2n) is 4.50. The smallest absolute Gasteiger partial charge is 0.229 e. The van der Waals surface area contributed by atoms with Crippen molar-refractivity contribution in [3.8, 4) is 5.88 Å². The van der Waals surface area contributed by atoms with E-state index in [0.29, 0.717) is 10.9 Å². The fraction of sp³-hybridized carbons (Fsp3) is 0.538. The van der Waals surface area contributed by atoms with E-state index in [1.54, 1.807) is 13.2 Å². The molecule has 4 nitrogen and oxygen atoms in total. The molecule has 2 heterocycles. The molecule has 1 aromatic rings. The van der Waals surface area contributed by atoms with Crippen LogP contribution in [0.1, 0.15) is 31.2 Å². The molecule has 0 aliphatic carbocycles. The summed E-state index contributed by atoms with van der Waals surface area (Å²) in [4.78, 5) is 18.2. The van der Waals surface area contributed by atoms with Crippen LogP contribution in [0.4, 0.5) is 0 Å². The zero-order valence-electron chi connectivity index (χ0n) is 10.6. The van der Waals surface area contributed by atoms with E-state index in [-0.39, 0.29) is 11.8 Å². The number of carbonyl (C=O) groups excluding carboxylic acids is 1. The molecule has 5 heteroatoms. The van der Waals surface area contributed by atoms with Gasteiger partial charge >= 0.3 is 0 Å². The van der Waals surface area contributed by atoms with Crippen molar-refractivity contribution in [2.75, 3.05) is 20.2 Å². The van der Waals surface area contributed by atoms with Crippen molar-refractivity contribution in [3.05, 3.63) is 22.8 Å². The Morgan fingerprint density at radius 1 is 1.50 bits per heavy atom. The third kappa shape index (κ3) is 2.58. The Morgan fingerprint density at radius 3 is 2.78 bits per heavy atom. The van der Waals surface area contributed by atoms with Crippen LogP contribution in [0, 0.1) is 0 Å². The molecule has 1 aliphatic rings. The van der Waals surface area contributed by atoms with Crippen LogP contribution < -0.4 is 4.74 Å². The molecule has 1 atom stereocenters. The zero-order valence-corrected chi connectivity index (χ0v) is 11.4. The van der Waals surface area contributed by atoms with Crippen LogP contribution in [0.3, 0.4) is 0 Å². The largest absolute Gasteiger partial charge is 0.481 e. The van der Waals surface area contributed by atoms with E-state index in [9.17, 15) is 4.79 Å². The summed E-state index contributed by atoms with van der Waals surface area (Å²) < 4.78 is 5.07. The van der Waals surface area contributed by atoms with E-state index in [2.05, 4.69) is 4.98 Å². The summed E-state index contributed by atoms with van der Waals surface area (Å²) >= 11 is 6.11. The van der Waals surface area contributed by atoms with Gasteiger partial charge in [0.1, 0.15) is 0 Å². The third-order valence-corrected chi connectivity index (χ3v) is 3.64. The molecule has 1 saturated heterocycles. The molecule has 1 fully saturated rings. The van der Waals surface area contributed by atoms with E-state index in [1.165, 1.54) is 6.20 Å². The molecule has 0 radical (unpaired) electrons. The highest BCUT2D eigenvalue weighted by atomic mass is 35.5. The number of halogens is 1. The first-order valence-electron chi connectivity index (χ1n) is 6.11. The van der Waals surface area contributed by atoms with Crippen LogP contribution in [0.5, 0.6) is 5.88 Å². The Morgan fingerprint density at radius 2 is 2.17 bits per heavy atom. The van der Waals surface area contributed by atoms with Crippen LogP contribution in [0.25, 0.3) is 0 Å². The monoisotopic (exact) mass is 268 g/mol. The summed E-state index contributed by atoms with van der Waals surface area (Å²) in [6.07, 6.45) is 3.71. The van der Waals surface area contributed by atoms with Gasteiger partial charge in [-0.2, -0.15) is 0 Å². The number of carbonyl (C=O) groups is 1. The Bertz CT molecular complexity index is 445. The highest BCUT2D eigenvalue weighted by Gasteiger charge is 2.26. The molecular formula is C13H17ClN2O2. The predicted octanol–water partition coefficient (Wildman–Crippen LogP) is 2.47. The molecule has 0 bridgehead atoms. The van der Waals surface area contributed by atoms with Crippen molar-refractivity contribution in [1.82, 2.24) is 9.88 Å². The molecule has 98 valence electrons. The topological polar surface area (TPSA) is 42.4 Å². The maximum Gasteiger partial charge on any atom is 0.229 e. The lowest BCUT2D eigenvalue weighted by Gasteiger charge is -2.21. The standard InChI is InChI=1S/C13H17ClN2O2/c1-9(13(17)16-5-3-4-6-16)10-7-12(18-2)15-8-11(10)14/h7-9H,3-6H2,1-2H3/t9-/m0/s1. The average molecular weight is 269 g/mol. The normalized spacial score (nSPS) is 16.7. The minimum Gasteiger partial charge on any atom is -0.481 e. The first-order chi connectivity index (χ1) is 8.63. The molecule has 0 unspecified atom stereocenters. The van der Waals surface area contributed by atoms with Crippen molar-refractivity contribution < 1.29 is 9.53 Å². The Hall–Kier alpha value is -1.29. The van der Waals surface area contributed by atoms with Gasteiger partial charge in [0, 0.05) is 25.4 Å². The van der Waals surface area contributed by atoms with E-state index in [1.807, 2.05) is 11.8 Å². The summed E-state index contributed by atoms with van der Waals surface area (Å²) in [5.74, 6) is 0.352. The van der Waals surface area contributed by atoms with Crippen molar-refractivity contribution in [2.45, 2.75) is 25.7 Å². The fourth-order valence-corrected chi connectivity index (χ4v) is 2.49. The van der Waals surface area contributed by atoms with Gasteiger partial charge in [-0.1, -0.05) is 11.6 Å². The number of pyridine rings is 1. The van der Waals surface area contributed by atoms with Gasteiger partial charge in [0.15, 0.2) is 0 Å². The Balaban J connectivity index is 2.21. The van der Waals surface area contributed by atoms with Crippen molar-refractivity contribution in [3.63, 3.8) is 0 Å². The predicted molar refractivity (Wildman–Crippen MR) is 70.0 cm³/mol. The maximum absolute atomic E-state index is 12.3. The molecule has 2 rings (SSSR count). The van der Waals surface area contributed by atoms with Gasteiger partial charge in [0.05, 0.1) is 18.1 Å². The first kappa shape index (κ1) is 13.1. The molecule has 0 N–H and O–H groups in total. The van der Waals surface area contributed by atoms with E-state index in [4.69, 9.17) is 16.3 Å². The summed E-state index contributed by atoms with van der Waals surface area (Å²) in [5, 5.41) is 0.510.